The average Bonchev–Trinajstić information content (AvgIpc) is 3.30. The molecule has 0 unspecified atom stereocenters. The van der Waals surface area contributed by atoms with Gasteiger partial charge in [0, 0.05) is 22.2 Å². The molecule has 2 heterocycles. The fourth-order valence-corrected chi connectivity index (χ4v) is 3.22. The van der Waals surface area contributed by atoms with Gasteiger partial charge in [-0.05, 0) is 30.7 Å². The van der Waals surface area contributed by atoms with Gasteiger partial charge in [0.2, 0.25) is 5.89 Å². The first kappa shape index (κ1) is 16.9. The number of hydrogen-bond acceptors (Lipinski definition) is 6. The highest BCUT2D eigenvalue weighted by molar-refractivity contribution is 7.98. The van der Waals surface area contributed by atoms with E-state index in [0.29, 0.717) is 21.9 Å². The van der Waals surface area contributed by atoms with Crippen LogP contribution in [0.2, 0.25) is 5.02 Å². The molecule has 0 N–H and O–H groups in total. The van der Waals surface area contributed by atoms with E-state index in [1.807, 2.05) is 61.5 Å². The Labute approximate surface area is 159 Å². The molecular weight excluding hydrogens is 370 g/mol. The molecule has 2 aromatic carbocycles. The van der Waals surface area contributed by atoms with E-state index in [-0.39, 0.29) is 0 Å². The van der Waals surface area contributed by atoms with Crippen molar-refractivity contribution in [2.75, 3.05) is 0 Å². The molecular formula is C19H14ClN3O2S. The molecule has 0 aliphatic carbocycles. The number of benzene rings is 2. The van der Waals surface area contributed by atoms with Gasteiger partial charge in [0.25, 0.3) is 5.22 Å². The first-order chi connectivity index (χ1) is 12.7. The molecule has 0 amide bonds. The van der Waals surface area contributed by atoms with Crippen LogP contribution in [-0.4, -0.2) is 15.4 Å². The van der Waals surface area contributed by atoms with E-state index in [9.17, 15) is 0 Å². The summed E-state index contributed by atoms with van der Waals surface area (Å²) in [6.45, 7) is 2.01. The van der Waals surface area contributed by atoms with Gasteiger partial charge in [-0.1, -0.05) is 58.9 Å². The summed E-state index contributed by atoms with van der Waals surface area (Å²) in [6.07, 6.45) is 0. The number of rotatable bonds is 5. The van der Waals surface area contributed by atoms with Crippen molar-refractivity contribution in [1.82, 2.24) is 15.4 Å². The maximum atomic E-state index is 5.91. The quantitative estimate of drug-likeness (QED) is 0.415. The van der Waals surface area contributed by atoms with Gasteiger partial charge >= 0.3 is 0 Å². The van der Waals surface area contributed by atoms with E-state index in [1.165, 1.54) is 11.8 Å². The monoisotopic (exact) mass is 383 g/mol. The SMILES string of the molecule is Cc1ccccc1-c1nnc(SCc2cc(-c3ccc(Cl)cc3)no2)o1. The van der Waals surface area contributed by atoms with Crippen molar-refractivity contribution in [3.63, 3.8) is 0 Å². The molecule has 4 aromatic rings. The van der Waals surface area contributed by atoms with E-state index >= 15 is 0 Å². The van der Waals surface area contributed by atoms with Crippen LogP contribution in [0.3, 0.4) is 0 Å². The second kappa shape index (κ2) is 7.35. The Balaban J connectivity index is 1.44. The zero-order chi connectivity index (χ0) is 17.9. The maximum absolute atomic E-state index is 5.91. The number of halogens is 1. The zero-order valence-corrected chi connectivity index (χ0v) is 15.4. The van der Waals surface area contributed by atoms with Gasteiger partial charge in [-0.15, -0.1) is 10.2 Å². The summed E-state index contributed by atoms with van der Waals surface area (Å²) in [7, 11) is 0. The van der Waals surface area contributed by atoms with Crippen molar-refractivity contribution in [2.24, 2.45) is 0 Å². The van der Waals surface area contributed by atoms with Crippen LogP contribution in [0.5, 0.6) is 0 Å². The Morgan fingerprint density at radius 3 is 2.65 bits per heavy atom. The first-order valence-electron chi connectivity index (χ1n) is 7.93. The molecule has 0 saturated heterocycles. The van der Waals surface area contributed by atoms with E-state index < -0.39 is 0 Å². The molecule has 0 aliphatic heterocycles. The van der Waals surface area contributed by atoms with E-state index in [1.54, 1.807) is 0 Å². The number of hydrogen-bond donors (Lipinski definition) is 0. The molecule has 0 bridgehead atoms. The minimum Gasteiger partial charge on any atom is -0.411 e. The summed E-state index contributed by atoms with van der Waals surface area (Å²) in [6, 6.07) is 17.3. The molecule has 2 aromatic heterocycles. The van der Waals surface area contributed by atoms with Crippen LogP contribution in [0.1, 0.15) is 11.3 Å². The highest BCUT2D eigenvalue weighted by atomic mass is 35.5. The molecule has 7 heteroatoms. The van der Waals surface area contributed by atoms with Gasteiger partial charge in [-0.25, -0.2) is 0 Å². The Kier molecular flexibility index (Phi) is 4.77. The van der Waals surface area contributed by atoms with Crippen molar-refractivity contribution >= 4 is 23.4 Å². The third-order valence-corrected chi connectivity index (χ3v) is 4.91. The molecule has 5 nitrogen and oxygen atoms in total. The molecule has 0 fully saturated rings. The molecule has 130 valence electrons. The number of nitrogens with zero attached hydrogens (tertiary/aromatic N) is 3. The molecule has 0 saturated carbocycles. The molecule has 0 aliphatic rings. The second-order valence-electron chi connectivity index (χ2n) is 5.66. The lowest BCUT2D eigenvalue weighted by Gasteiger charge is -1.98. The van der Waals surface area contributed by atoms with Crippen LogP contribution >= 0.6 is 23.4 Å². The predicted octanol–water partition coefficient (Wildman–Crippen LogP) is 5.65. The first-order valence-corrected chi connectivity index (χ1v) is 9.29. The second-order valence-corrected chi connectivity index (χ2v) is 7.03. The van der Waals surface area contributed by atoms with E-state index in [2.05, 4.69) is 15.4 Å². The average molecular weight is 384 g/mol. The Bertz CT molecular complexity index is 1030. The lowest BCUT2D eigenvalue weighted by Crippen LogP contribution is -1.81. The van der Waals surface area contributed by atoms with Crippen molar-refractivity contribution in [2.45, 2.75) is 17.9 Å². The summed E-state index contributed by atoms with van der Waals surface area (Å²) >= 11 is 7.32. The van der Waals surface area contributed by atoms with Crippen molar-refractivity contribution in [3.8, 4) is 22.7 Å². The zero-order valence-electron chi connectivity index (χ0n) is 13.8. The highest BCUT2D eigenvalue weighted by Gasteiger charge is 2.13. The molecule has 4 rings (SSSR count). The van der Waals surface area contributed by atoms with Crippen molar-refractivity contribution in [3.05, 3.63) is 70.9 Å². The van der Waals surface area contributed by atoms with Crippen molar-refractivity contribution < 1.29 is 8.94 Å². The van der Waals surface area contributed by atoms with Crippen LogP contribution in [0.25, 0.3) is 22.7 Å². The number of aryl methyl sites for hydroxylation is 1. The third-order valence-electron chi connectivity index (χ3n) is 3.82. The molecule has 0 radical (unpaired) electrons. The Morgan fingerprint density at radius 1 is 1.04 bits per heavy atom. The van der Waals surface area contributed by atoms with Crippen LogP contribution in [0, 0.1) is 6.92 Å². The Hall–Kier alpha value is -2.57. The van der Waals surface area contributed by atoms with Gasteiger partial charge in [0.15, 0.2) is 0 Å². The third kappa shape index (κ3) is 3.66. The summed E-state index contributed by atoms with van der Waals surface area (Å²) in [5.41, 5.74) is 3.75. The topological polar surface area (TPSA) is 65.0 Å². The number of thioether (sulfide) groups is 1. The van der Waals surface area contributed by atoms with Gasteiger partial charge in [-0.2, -0.15) is 0 Å². The largest absolute Gasteiger partial charge is 0.411 e. The fourth-order valence-electron chi connectivity index (χ4n) is 2.46. The van der Waals surface area contributed by atoms with Crippen LogP contribution in [0.4, 0.5) is 0 Å². The fraction of sp³-hybridized carbons (Fsp3) is 0.105. The van der Waals surface area contributed by atoms with E-state index in [0.717, 1.165) is 28.1 Å². The molecule has 26 heavy (non-hydrogen) atoms. The number of aromatic nitrogens is 3. The summed E-state index contributed by atoms with van der Waals surface area (Å²) in [4.78, 5) is 0. The standard InChI is InChI=1S/C19H14ClN3O2S/c1-12-4-2-3-5-16(12)18-21-22-19(24-18)26-11-15-10-17(23-25-15)13-6-8-14(20)9-7-13/h2-10H,11H2,1H3. The highest BCUT2D eigenvalue weighted by Crippen LogP contribution is 2.28. The summed E-state index contributed by atoms with van der Waals surface area (Å²) < 4.78 is 11.1. The van der Waals surface area contributed by atoms with Gasteiger partial charge in [-0.3, -0.25) is 0 Å². The van der Waals surface area contributed by atoms with Crippen molar-refractivity contribution in [1.29, 1.82) is 0 Å². The predicted molar refractivity (Wildman–Crippen MR) is 101 cm³/mol. The molecule has 0 atom stereocenters. The molecule has 0 spiro atoms. The van der Waals surface area contributed by atoms with Crippen LogP contribution < -0.4 is 0 Å². The summed E-state index contributed by atoms with van der Waals surface area (Å²) in [5.74, 6) is 1.80. The van der Waals surface area contributed by atoms with Gasteiger partial charge in [0.1, 0.15) is 11.5 Å². The Morgan fingerprint density at radius 2 is 1.85 bits per heavy atom. The van der Waals surface area contributed by atoms with E-state index in [4.69, 9.17) is 20.5 Å². The lowest BCUT2D eigenvalue weighted by atomic mass is 10.1. The minimum absolute atomic E-state index is 0.493. The smallest absolute Gasteiger partial charge is 0.277 e. The minimum atomic E-state index is 0.493. The summed E-state index contributed by atoms with van der Waals surface area (Å²) in [5, 5.41) is 13.5. The lowest BCUT2D eigenvalue weighted by molar-refractivity contribution is 0.396. The van der Waals surface area contributed by atoms with Crippen LogP contribution in [0.15, 0.2) is 68.8 Å². The normalized spacial score (nSPS) is 11.0. The van der Waals surface area contributed by atoms with Crippen LogP contribution in [-0.2, 0) is 5.75 Å². The van der Waals surface area contributed by atoms with Gasteiger partial charge in [0.05, 0.1) is 5.75 Å². The van der Waals surface area contributed by atoms with Gasteiger partial charge < -0.3 is 8.94 Å². The maximum Gasteiger partial charge on any atom is 0.277 e.